The number of rotatable bonds is 2. The second-order valence-corrected chi connectivity index (χ2v) is 3.75. The van der Waals surface area contributed by atoms with Gasteiger partial charge in [-0.25, -0.2) is 0 Å². The summed E-state index contributed by atoms with van der Waals surface area (Å²) in [7, 11) is 0. The molecule has 1 aromatic heterocycles. The Morgan fingerprint density at radius 1 is 1.56 bits per heavy atom. The summed E-state index contributed by atoms with van der Waals surface area (Å²) in [5, 5.41) is 27.5. The molecule has 2 heterocycles. The Hall–Kier alpha value is -1.37. The van der Waals surface area contributed by atoms with Crippen LogP contribution in [0.4, 0.5) is 0 Å². The van der Waals surface area contributed by atoms with Gasteiger partial charge in [0, 0.05) is 18.7 Å². The molecule has 0 aromatic carbocycles. The summed E-state index contributed by atoms with van der Waals surface area (Å²) in [4.78, 5) is 11.5. The van der Waals surface area contributed by atoms with Gasteiger partial charge in [0.05, 0.1) is 12.7 Å². The molecule has 1 aliphatic rings. The van der Waals surface area contributed by atoms with E-state index in [4.69, 9.17) is 14.9 Å². The van der Waals surface area contributed by atoms with Crippen LogP contribution in [0.1, 0.15) is 12.6 Å². The van der Waals surface area contributed by atoms with Crippen LogP contribution >= 0.6 is 0 Å². The standard InChI is InChI=1S/C10H13NO5/c12-5-8-7(14)4-10(16-8)11-2-1-6(13)3-9(11)15/h1-3,7-8,10,12-14H,4-5H2/t7-,8+,10+/m0/s1. The van der Waals surface area contributed by atoms with Crippen molar-refractivity contribution in [2.45, 2.75) is 24.9 Å². The van der Waals surface area contributed by atoms with Crippen molar-refractivity contribution in [1.82, 2.24) is 4.57 Å². The fourth-order valence-electron chi connectivity index (χ4n) is 1.77. The summed E-state index contributed by atoms with van der Waals surface area (Å²) in [6, 6.07) is 2.44. The summed E-state index contributed by atoms with van der Waals surface area (Å²) in [5.41, 5.74) is -0.407. The van der Waals surface area contributed by atoms with E-state index in [1.165, 1.54) is 16.8 Å². The molecule has 1 fully saturated rings. The van der Waals surface area contributed by atoms with Crippen LogP contribution in [0, 0.1) is 0 Å². The number of ether oxygens (including phenoxy) is 1. The van der Waals surface area contributed by atoms with E-state index in [0.29, 0.717) is 0 Å². The van der Waals surface area contributed by atoms with Gasteiger partial charge >= 0.3 is 0 Å². The Kier molecular flexibility index (Phi) is 2.95. The van der Waals surface area contributed by atoms with Gasteiger partial charge in [0.15, 0.2) is 0 Å². The van der Waals surface area contributed by atoms with Gasteiger partial charge in [-0.1, -0.05) is 0 Å². The van der Waals surface area contributed by atoms with Gasteiger partial charge < -0.3 is 20.1 Å². The second-order valence-electron chi connectivity index (χ2n) is 3.75. The van der Waals surface area contributed by atoms with E-state index in [0.717, 1.165) is 6.07 Å². The van der Waals surface area contributed by atoms with Gasteiger partial charge in [0.1, 0.15) is 18.1 Å². The number of pyridine rings is 1. The van der Waals surface area contributed by atoms with Crippen molar-refractivity contribution in [3.05, 3.63) is 28.7 Å². The summed E-state index contributed by atoms with van der Waals surface area (Å²) in [6.07, 6.45) is -0.397. The number of aromatic nitrogens is 1. The van der Waals surface area contributed by atoms with E-state index in [1.54, 1.807) is 0 Å². The first-order valence-electron chi connectivity index (χ1n) is 4.97. The van der Waals surface area contributed by atoms with Crippen molar-refractivity contribution in [3.8, 4) is 5.75 Å². The maximum atomic E-state index is 11.5. The van der Waals surface area contributed by atoms with E-state index in [9.17, 15) is 9.90 Å². The molecule has 0 spiro atoms. The summed E-state index contributed by atoms with van der Waals surface area (Å²) < 4.78 is 6.59. The average molecular weight is 227 g/mol. The average Bonchev–Trinajstić information content (AvgIpc) is 2.59. The number of aromatic hydroxyl groups is 1. The zero-order valence-corrected chi connectivity index (χ0v) is 8.48. The van der Waals surface area contributed by atoms with Crippen LogP contribution in [0.15, 0.2) is 23.1 Å². The lowest BCUT2D eigenvalue weighted by molar-refractivity contribution is -0.0455. The summed E-state index contributed by atoms with van der Waals surface area (Å²) in [5.74, 6) is -0.112. The van der Waals surface area contributed by atoms with Gasteiger partial charge in [-0.05, 0) is 6.07 Å². The van der Waals surface area contributed by atoms with Crippen LogP contribution in [0.3, 0.4) is 0 Å². The van der Waals surface area contributed by atoms with E-state index in [2.05, 4.69) is 0 Å². The van der Waals surface area contributed by atoms with Crippen molar-refractivity contribution < 1.29 is 20.1 Å². The Balaban J connectivity index is 2.23. The third-order valence-corrected chi connectivity index (χ3v) is 2.63. The quantitative estimate of drug-likeness (QED) is 0.615. The second kappa shape index (κ2) is 4.25. The van der Waals surface area contributed by atoms with Gasteiger partial charge in [-0.3, -0.25) is 9.36 Å². The SMILES string of the molecule is O=c1cc(O)ccn1[C@H]1C[C@H](O)[C@@H](CO)O1. The summed E-state index contributed by atoms with van der Waals surface area (Å²) in [6.45, 7) is -0.287. The molecule has 0 aliphatic carbocycles. The Bertz CT molecular complexity index is 429. The van der Waals surface area contributed by atoms with E-state index in [-0.39, 0.29) is 18.8 Å². The molecule has 6 nitrogen and oxygen atoms in total. The van der Waals surface area contributed by atoms with E-state index in [1.807, 2.05) is 0 Å². The van der Waals surface area contributed by atoms with Crippen molar-refractivity contribution >= 4 is 0 Å². The van der Waals surface area contributed by atoms with E-state index >= 15 is 0 Å². The first-order chi connectivity index (χ1) is 7.61. The highest BCUT2D eigenvalue weighted by molar-refractivity contribution is 5.15. The van der Waals surface area contributed by atoms with Gasteiger partial charge in [0.25, 0.3) is 5.56 Å². The minimum atomic E-state index is -0.782. The molecule has 1 aliphatic heterocycles. The Labute approximate surface area is 91.3 Å². The fraction of sp³-hybridized carbons (Fsp3) is 0.500. The molecule has 6 heteroatoms. The monoisotopic (exact) mass is 227 g/mol. The third kappa shape index (κ3) is 1.95. The summed E-state index contributed by atoms with van der Waals surface area (Å²) >= 11 is 0. The molecule has 1 saturated heterocycles. The smallest absolute Gasteiger partial charge is 0.256 e. The minimum Gasteiger partial charge on any atom is -0.508 e. The third-order valence-electron chi connectivity index (χ3n) is 2.63. The largest absolute Gasteiger partial charge is 0.508 e. The highest BCUT2D eigenvalue weighted by atomic mass is 16.5. The number of hydrogen-bond acceptors (Lipinski definition) is 5. The molecular formula is C10H13NO5. The normalized spacial score (nSPS) is 29.5. The molecule has 88 valence electrons. The molecule has 0 saturated carbocycles. The van der Waals surface area contributed by atoms with Crippen molar-refractivity contribution in [3.63, 3.8) is 0 Å². The number of hydrogen-bond donors (Lipinski definition) is 3. The zero-order chi connectivity index (χ0) is 11.7. The molecule has 16 heavy (non-hydrogen) atoms. The van der Waals surface area contributed by atoms with Crippen LogP contribution in [0.2, 0.25) is 0 Å². The fourth-order valence-corrected chi connectivity index (χ4v) is 1.77. The molecule has 1 aromatic rings. The topological polar surface area (TPSA) is 91.9 Å². The molecule has 0 bridgehead atoms. The number of aliphatic hydroxyl groups excluding tert-OH is 2. The predicted octanol–water partition coefficient (Wildman–Crippen LogP) is -0.805. The van der Waals surface area contributed by atoms with Crippen LogP contribution in [0.25, 0.3) is 0 Å². The molecule has 3 N–H and O–H groups in total. The molecule has 0 amide bonds. The van der Waals surface area contributed by atoms with Crippen molar-refractivity contribution in [1.29, 1.82) is 0 Å². The molecule has 0 unspecified atom stereocenters. The lowest BCUT2D eigenvalue weighted by Crippen LogP contribution is -2.25. The maximum absolute atomic E-state index is 11.5. The van der Waals surface area contributed by atoms with Gasteiger partial charge in [0.2, 0.25) is 0 Å². The Morgan fingerprint density at radius 3 is 2.88 bits per heavy atom. The zero-order valence-electron chi connectivity index (χ0n) is 8.48. The lowest BCUT2D eigenvalue weighted by atomic mass is 10.2. The first-order valence-corrected chi connectivity index (χ1v) is 4.97. The lowest BCUT2D eigenvalue weighted by Gasteiger charge is -2.14. The first kappa shape index (κ1) is 11.1. The minimum absolute atomic E-state index is 0.112. The maximum Gasteiger partial charge on any atom is 0.256 e. The highest BCUT2D eigenvalue weighted by Gasteiger charge is 2.34. The van der Waals surface area contributed by atoms with Crippen molar-refractivity contribution in [2.75, 3.05) is 6.61 Å². The Morgan fingerprint density at radius 2 is 2.31 bits per heavy atom. The number of nitrogens with zero attached hydrogens (tertiary/aromatic N) is 1. The van der Waals surface area contributed by atoms with Gasteiger partial charge in [-0.15, -0.1) is 0 Å². The van der Waals surface area contributed by atoms with Crippen LogP contribution < -0.4 is 5.56 Å². The molecule has 0 radical (unpaired) electrons. The van der Waals surface area contributed by atoms with Crippen LogP contribution in [0.5, 0.6) is 5.75 Å². The van der Waals surface area contributed by atoms with Crippen LogP contribution in [-0.4, -0.2) is 38.7 Å². The van der Waals surface area contributed by atoms with E-state index < -0.39 is 24.0 Å². The molecular weight excluding hydrogens is 214 g/mol. The van der Waals surface area contributed by atoms with Crippen LogP contribution in [-0.2, 0) is 4.74 Å². The predicted molar refractivity (Wildman–Crippen MR) is 54.0 cm³/mol. The molecule has 3 atom stereocenters. The van der Waals surface area contributed by atoms with Gasteiger partial charge in [-0.2, -0.15) is 0 Å². The van der Waals surface area contributed by atoms with Crippen molar-refractivity contribution in [2.24, 2.45) is 0 Å². The number of aliphatic hydroxyl groups is 2. The highest BCUT2D eigenvalue weighted by Crippen LogP contribution is 2.27. The molecule has 2 rings (SSSR count).